The highest BCUT2D eigenvalue weighted by molar-refractivity contribution is 5.98. The molecule has 3 N–H and O–H groups in total. The van der Waals surface area contributed by atoms with Crippen LogP contribution in [0, 0.1) is 5.92 Å². The Hall–Kier alpha value is -1.84. The summed E-state index contributed by atoms with van der Waals surface area (Å²) < 4.78 is 0. The van der Waals surface area contributed by atoms with Crippen molar-refractivity contribution in [3.8, 4) is 0 Å². The Morgan fingerprint density at radius 1 is 1.17 bits per heavy atom. The predicted octanol–water partition coefficient (Wildman–Crippen LogP) is 3.75. The second-order valence-corrected chi connectivity index (χ2v) is 7.71. The van der Waals surface area contributed by atoms with Crippen LogP contribution in [0.2, 0.25) is 0 Å². The highest BCUT2D eigenvalue weighted by atomic mass is 16.2. The number of amides is 2. The Morgan fingerprint density at radius 3 is 2.25 bits per heavy atom. The van der Waals surface area contributed by atoms with E-state index in [1.807, 2.05) is 26.0 Å². The standard InChI is InChI=1S/C20H30N2O2/c1-14(2)13-20(3,19(21)24)22-18(23)17-11-9-16(10-12-17)15-7-5-4-6-8-15/h9-12,14-15H,4-8,13H2,1-3H3,(H2,21,24)(H,22,23). The second-order valence-electron chi connectivity index (χ2n) is 7.71. The number of carbonyl (C=O) groups is 2. The van der Waals surface area contributed by atoms with Gasteiger partial charge in [0.15, 0.2) is 0 Å². The van der Waals surface area contributed by atoms with Crippen LogP contribution in [-0.2, 0) is 4.79 Å². The fourth-order valence-electron chi connectivity index (χ4n) is 3.70. The molecule has 0 saturated heterocycles. The summed E-state index contributed by atoms with van der Waals surface area (Å²) in [6.45, 7) is 5.71. The van der Waals surface area contributed by atoms with Crippen molar-refractivity contribution in [2.45, 2.75) is 70.8 Å². The molecule has 1 aromatic rings. The monoisotopic (exact) mass is 330 g/mol. The molecule has 1 fully saturated rings. The number of primary amides is 1. The van der Waals surface area contributed by atoms with Crippen molar-refractivity contribution < 1.29 is 9.59 Å². The molecule has 4 heteroatoms. The van der Waals surface area contributed by atoms with Crippen molar-refractivity contribution in [1.82, 2.24) is 5.32 Å². The van der Waals surface area contributed by atoms with Gasteiger partial charge in [0, 0.05) is 5.56 Å². The summed E-state index contributed by atoms with van der Waals surface area (Å²) in [6.07, 6.45) is 6.91. The van der Waals surface area contributed by atoms with Crippen LogP contribution in [0.3, 0.4) is 0 Å². The fraction of sp³-hybridized carbons (Fsp3) is 0.600. The molecular formula is C20H30N2O2. The van der Waals surface area contributed by atoms with E-state index in [1.54, 1.807) is 6.92 Å². The van der Waals surface area contributed by atoms with E-state index < -0.39 is 11.4 Å². The third kappa shape index (κ3) is 4.59. The maximum Gasteiger partial charge on any atom is 0.252 e. The Kier molecular flexibility index (Phi) is 6.03. The van der Waals surface area contributed by atoms with Gasteiger partial charge in [-0.05, 0) is 55.7 Å². The van der Waals surface area contributed by atoms with Gasteiger partial charge in [-0.2, -0.15) is 0 Å². The number of hydrogen-bond acceptors (Lipinski definition) is 2. The van der Waals surface area contributed by atoms with Crippen molar-refractivity contribution in [3.63, 3.8) is 0 Å². The van der Waals surface area contributed by atoms with Gasteiger partial charge in [-0.1, -0.05) is 45.2 Å². The van der Waals surface area contributed by atoms with Gasteiger partial charge in [0.2, 0.25) is 5.91 Å². The summed E-state index contributed by atoms with van der Waals surface area (Å²) in [5, 5.41) is 2.83. The largest absolute Gasteiger partial charge is 0.368 e. The van der Waals surface area contributed by atoms with Crippen LogP contribution in [0.25, 0.3) is 0 Å². The molecule has 24 heavy (non-hydrogen) atoms. The molecule has 1 saturated carbocycles. The minimum Gasteiger partial charge on any atom is -0.368 e. The van der Waals surface area contributed by atoms with E-state index in [-0.39, 0.29) is 11.8 Å². The Bertz CT molecular complexity index is 574. The lowest BCUT2D eigenvalue weighted by molar-refractivity contribution is -0.124. The first kappa shape index (κ1) is 18.5. The van der Waals surface area contributed by atoms with Crippen LogP contribution < -0.4 is 11.1 Å². The third-order valence-corrected chi connectivity index (χ3v) is 5.00. The zero-order chi connectivity index (χ0) is 17.7. The average molecular weight is 330 g/mol. The topological polar surface area (TPSA) is 72.2 Å². The number of benzene rings is 1. The molecule has 0 heterocycles. The van der Waals surface area contributed by atoms with E-state index in [0.29, 0.717) is 17.9 Å². The van der Waals surface area contributed by atoms with Crippen molar-refractivity contribution in [2.75, 3.05) is 0 Å². The highest BCUT2D eigenvalue weighted by Gasteiger charge is 2.33. The quantitative estimate of drug-likeness (QED) is 0.833. The summed E-state index contributed by atoms with van der Waals surface area (Å²) >= 11 is 0. The predicted molar refractivity (Wildman–Crippen MR) is 96.8 cm³/mol. The smallest absolute Gasteiger partial charge is 0.252 e. The maximum atomic E-state index is 12.5. The average Bonchev–Trinajstić information content (AvgIpc) is 2.55. The first-order valence-corrected chi connectivity index (χ1v) is 9.04. The van der Waals surface area contributed by atoms with Crippen LogP contribution in [-0.4, -0.2) is 17.4 Å². The van der Waals surface area contributed by atoms with Crippen LogP contribution in [0.15, 0.2) is 24.3 Å². The number of carbonyl (C=O) groups excluding carboxylic acids is 2. The van der Waals surface area contributed by atoms with Crippen LogP contribution in [0.1, 0.15) is 81.1 Å². The summed E-state index contributed by atoms with van der Waals surface area (Å²) in [4.78, 5) is 24.3. The van der Waals surface area contributed by atoms with Crippen molar-refractivity contribution in [2.24, 2.45) is 11.7 Å². The molecule has 2 amide bonds. The zero-order valence-corrected chi connectivity index (χ0v) is 15.1. The molecule has 0 radical (unpaired) electrons. The zero-order valence-electron chi connectivity index (χ0n) is 15.1. The SMILES string of the molecule is CC(C)CC(C)(NC(=O)c1ccc(C2CCCCC2)cc1)C(N)=O. The molecule has 0 bridgehead atoms. The molecule has 0 spiro atoms. The molecule has 1 unspecified atom stereocenters. The Labute approximate surface area is 145 Å². The minimum atomic E-state index is -1.02. The third-order valence-electron chi connectivity index (χ3n) is 5.00. The number of rotatable bonds is 6. The Balaban J connectivity index is 2.07. The van der Waals surface area contributed by atoms with Crippen LogP contribution in [0.4, 0.5) is 0 Å². The lowest BCUT2D eigenvalue weighted by Gasteiger charge is -2.29. The molecule has 132 valence electrons. The van der Waals surface area contributed by atoms with Gasteiger partial charge in [-0.15, -0.1) is 0 Å². The number of nitrogens with one attached hydrogen (secondary N) is 1. The minimum absolute atomic E-state index is 0.243. The van der Waals surface area contributed by atoms with E-state index in [2.05, 4.69) is 17.4 Å². The van der Waals surface area contributed by atoms with Gasteiger partial charge in [0.1, 0.15) is 5.54 Å². The molecule has 2 rings (SSSR count). The molecule has 1 aliphatic rings. The first-order valence-electron chi connectivity index (χ1n) is 9.04. The van der Waals surface area contributed by atoms with Gasteiger partial charge in [-0.3, -0.25) is 9.59 Å². The van der Waals surface area contributed by atoms with Gasteiger partial charge in [-0.25, -0.2) is 0 Å². The van der Waals surface area contributed by atoms with Crippen molar-refractivity contribution in [3.05, 3.63) is 35.4 Å². The van der Waals surface area contributed by atoms with E-state index >= 15 is 0 Å². The van der Waals surface area contributed by atoms with E-state index in [9.17, 15) is 9.59 Å². The van der Waals surface area contributed by atoms with Gasteiger partial charge < -0.3 is 11.1 Å². The lowest BCUT2D eigenvalue weighted by Crippen LogP contribution is -2.56. The van der Waals surface area contributed by atoms with E-state index in [1.165, 1.54) is 37.7 Å². The molecule has 0 aliphatic heterocycles. The number of hydrogen-bond donors (Lipinski definition) is 2. The molecule has 1 atom stereocenters. The van der Waals surface area contributed by atoms with Gasteiger partial charge in [0.05, 0.1) is 0 Å². The van der Waals surface area contributed by atoms with E-state index in [0.717, 1.165) is 0 Å². The molecule has 4 nitrogen and oxygen atoms in total. The number of nitrogens with two attached hydrogens (primary N) is 1. The van der Waals surface area contributed by atoms with Gasteiger partial charge >= 0.3 is 0 Å². The summed E-state index contributed by atoms with van der Waals surface area (Å²) in [6, 6.07) is 7.82. The first-order chi connectivity index (χ1) is 11.3. The maximum absolute atomic E-state index is 12.5. The van der Waals surface area contributed by atoms with Crippen LogP contribution >= 0.6 is 0 Å². The second kappa shape index (κ2) is 7.82. The molecular weight excluding hydrogens is 300 g/mol. The molecule has 1 aromatic carbocycles. The summed E-state index contributed by atoms with van der Waals surface area (Å²) in [5.74, 6) is 0.139. The van der Waals surface area contributed by atoms with Crippen LogP contribution in [0.5, 0.6) is 0 Å². The van der Waals surface area contributed by atoms with Crippen molar-refractivity contribution in [1.29, 1.82) is 0 Å². The fourth-order valence-corrected chi connectivity index (χ4v) is 3.70. The molecule has 1 aliphatic carbocycles. The summed E-state index contributed by atoms with van der Waals surface area (Å²) in [7, 11) is 0. The lowest BCUT2D eigenvalue weighted by atomic mass is 9.84. The summed E-state index contributed by atoms with van der Waals surface area (Å²) in [5.41, 5.74) is 6.38. The molecule has 0 aromatic heterocycles. The Morgan fingerprint density at radius 2 is 1.75 bits per heavy atom. The van der Waals surface area contributed by atoms with Crippen molar-refractivity contribution >= 4 is 11.8 Å². The van der Waals surface area contributed by atoms with Gasteiger partial charge in [0.25, 0.3) is 5.91 Å². The highest BCUT2D eigenvalue weighted by Crippen LogP contribution is 2.32. The normalized spacial score (nSPS) is 18.2. The van der Waals surface area contributed by atoms with E-state index in [4.69, 9.17) is 5.73 Å².